The number of likely N-dealkylation sites (tertiary alicyclic amines) is 1. The highest BCUT2D eigenvalue weighted by Crippen LogP contribution is 2.59. The normalized spacial score (nSPS) is 29.7. The van der Waals surface area contributed by atoms with Crippen molar-refractivity contribution >= 4 is 29.1 Å². The van der Waals surface area contributed by atoms with Crippen LogP contribution in [0.1, 0.15) is 29.7 Å². The van der Waals surface area contributed by atoms with Crippen molar-refractivity contribution in [1.82, 2.24) is 4.90 Å². The number of aliphatic hydroxyl groups is 1. The first-order valence-corrected chi connectivity index (χ1v) is 15.5. The van der Waals surface area contributed by atoms with E-state index >= 15 is 0 Å². The number of benzene rings is 3. The summed E-state index contributed by atoms with van der Waals surface area (Å²) >= 11 is 0. The lowest BCUT2D eigenvalue weighted by molar-refractivity contribution is -0.148. The molecule has 1 unspecified atom stereocenters. The Morgan fingerprint density at radius 3 is 2.20 bits per heavy atom. The van der Waals surface area contributed by atoms with Gasteiger partial charge in [-0.05, 0) is 55.7 Å². The van der Waals surface area contributed by atoms with Crippen LogP contribution in [-0.4, -0.2) is 64.7 Å². The Labute approximate surface area is 263 Å². The molecule has 8 nitrogen and oxygen atoms in total. The third-order valence-electron chi connectivity index (χ3n) is 9.91. The number of hydrogen-bond acceptors (Lipinski definition) is 5. The number of carbonyl (C=O) groups is 3. The van der Waals surface area contributed by atoms with Crippen molar-refractivity contribution in [3.05, 3.63) is 120 Å². The first-order valence-electron chi connectivity index (χ1n) is 15.5. The zero-order valence-corrected chi connectivity index (χ0v) is 25.7. The van der Waals surface area contributed by atoms with Gasteiger partial charge in [0.05, 0.1) is 30.1 Å². The maximum atomic E-state index is 15.0. The van der Waals surface area contributed by atoms with Crippen molar-refractivity contribution in [2.45, 2.75) is 44.1 Å². The highest BCUT2D eigenvalue weighted by atomic mass is 16.5. The fourth-order valence-electron chi connectivity index (χ4n) is 7.89. The number of amides is 3. The molecule has 3 aromatic rings. The molecule has 2 saturated heterocycles. The van der Waals surface area contributed by atoms with E-state index < -0.39 is 41.7 Å². The Balaban J connectivity index is 1.41. The van der Waals surface area contributed by atoms with Crippen LogP contribution in [0, 0.1) is 25.7 Å². The topological polar surface area (TPSA) is 90.4 Å². The summed E-state index contributed by atoms with van der Waals surface area (Å²) in [5.74, 6) is -2.83. The van der Waals surface area contributed by atoms with Crippen molar-refractivity contribution in [2.24, 2.45) is 11.8 Å². The van der Waals surface area contributed by atoms with Gasteiger partial charge in [0.1, 0.15) is 11.6 Å². The molecule has 7 rings (SSSR count). The molecule has 2 fully saturated rings. The van der Waals surface area contributed by atoms with E-state index in [4.69, 9.17) is 4.74 Å². The quantitative estimate of drug-likeness (QED) is 0.434. The van der Waals surface area contributed by atoms with Crippen LogP contribution in [-0.2, 0) is 19.1 Å². The zero-order chi connectivity index (χ0) is 31.5. The number of aliphatic hydroxyl groups excluding tert-OH is 1. The molecule has 0 saturated carbocycles. The second-order valence-corrected chi connectivity index (χ2v) is 12.7. The number of para-hydroxylation sites is 1. The smallest absolute Gasteiger partial charge is 0.253 e. The minimum atomic E-state index is -1.44. The average molecular weight is 604 g/mol. The number of carbonyl (C=O) groups excluding carboxylic acids is 3. The Hall–Kier alpha value is -4.53. The van der Waals surface area contributed by atoms with Gasteiger partial charge in [-0.1, -0.05) is 85.0 Å². The first kappa shape index (κ1) is 29.2. The van der Waals surface area contributed by atoms with Gasteiger partial charge in [-0.3, -0.25) is 14.4 Å². The van der Waals surface area contributed by atoms with E-state index in [0.29, 0.717) is 12.1 Å². The van der Waals surface area contributed by atoms with Crippen LogP contribution < -0.4 is 9.80 Å². The second kappa shape index (κ2) is 10.8. The van der Waals surface area contributed by atoms with E-state index in [1.165, 1.54) is 4.90 Å². The van der Waals surface area contributed by atoms with Gasteiger partial charge < -0.3 is 24.5 Å². The molecule has 4 heterocycles. The largest absolute Gasteiger partial charge is 0.394 e. The molecule has 3 aromatic carbocycles. The minimum absolute atomic E-state index is 0.235. The summed E-state index contributed by atoms with van der Waals surface area (Å²) in [4.78, 5) is 49.5. The van der Waals surface area contributed by atoms with Gasteiger partial charge in [0.25, 0.3) is 5.91 Å². The third-order valence-corrected chi connectivity index (χ3v) is 9.91. The summed E-state index contributed by atoms with van der Waals surface area (Å²) in [5, 5.41) is 10.8. The van der Waals surface area contributed by atoms with Crippen LogP contribution in [0.4, 0.5) is 11.4 Å². The number of anilines is 2. The molecule has 0 radical (unpaired) electrons. The van der Waals surface area contributed by atoms with Gasteiger partial charge in [-0.25, -0.2) is 0 Å². The second-order valence-electron chi connectivity index (χ2n) is 12.7. The van der Waals surface area contributed by atoms with Gasteiger partial charge in [-0.2, -0.15) is 0 Å². The molecule has 1 spiro atoms. The van der Waals surface area contributed by atoms with E-state index in [9.17, 15) is 19.5 Å². The lowest BCUT2D eigenvalue weighted by Crippen LogP contribution is -2.57. The maximum Gasteiger partial charge on any atom is 0.253 e. The minimum Gasteiger partial charge on any atom is -0.394 e. The molecule has 0 bridgehead atoms. The van der Waals surface area contributed by atoms with Crippen LogP contribution in [0.2, 0.25) is 0 Å². The van der Waals surface area contributed by atoms with Crippen LogP contribution in [0.3, 0.4) is 0 Å². The molecular formula is C37H37N3O5. The molecule has 45 heavy (non-hydrogen) atoms. The lowest BCUT2D eigenvalue weighted by Gasteiger charge is -2.40. The SMILES string of the molecule is Cc1ccc(C)c(N2CC=C[C@]34O[C@]5(C)C=CCN(c6ccccc6)C(=O)[C@@H]5[C@H]3C(=O)N([C@H](CO)c3ccccc3)C4C2=O)c1. The molecule has 4 aliphatic rings. The Bertz CT molecular complexity index is 1720. The molecule has 230 valence electrons. The van der Waals surface area contributed by atoms with Gasteiger partial charge in [0, 0.05) is 24.5 Å². The number of aryl methyl sites for hydroxylation is 2. The Kier molecular flexibility index (Phi) is 7.02. The van der Waals surface area contributed by atoms with Crippen LogP contribution in [0.5, 0.6) is 0 Å². The highest BCUT2D eigenvalue weighted by Gasteiger charge is 2.75. The maximum absolute atomic E-state index is 15.0. The summed E-state index contributed by atoms with van der Waals surface area (Å²) in [7, 11) is 0. The van der Waals surface area contributed by atoms with Crippen molar-refractivity contribution < 1.29 is 24.2 Å². The Morgan fingerprint density at radius 1 is 0.822 bits per heavy atom. The summed E-state index contributed by atoms with van der Waals surface area (Å²) in [5.41, 5.74) is 1.51. The van der Waals surface area contributed by atoms with Crippen LogP contribution in [0.25, 0.3) is 0 Å². The zero-order valence-electron chi connectivity index (χ0n) is 25.7. The molecule has 0 aromatic heterocycles. The van der Waals surface area contributed by atoms with Gasteiger partial charge in [0.15, 0.2) is 0 Å². The molecule has 0 aliphatic carbocycles. The van der Waals surface area contributed by atoms with Crippen molar-refractivity contribution in [3.8, 4) is 0 Å². The van der Waals surface area contributed by atoms with E-state index in [2.05, 4.69) is 0 Å². The number of hydrogen-bond donors (Lipinski definition) is 1. The average Bonchev–Trinajstić information content (AvgIpc) is 3.31. The Morgan fingerprint density at radius 2 is 1.49 bits per heavy atom. The number of rotatable bonds is 5. The van der Waals surface area contributed by atoms with Crippen LogP contribution in [0.15, 0.2) is 103 Å². The monoisotopic (exact) mass is 603 g/mol. The molecule has 6 atom stereocenters. The molecule has 1 N–H and O–H groups in total. The lowest BCUT2D eigenvalue weighted by atomic mass is 9.74. The number of fused-ring (bicyclic) bond motifs is 2. The molecule has 3 amide bonds. The summed E-state index contributed by atoms with van der Waals surface area (Å²) in [6.07, 6.45) is 7.52. The number of ether oxygens (including phenoxy) is 1. The van der Waals surface area contributed by atoms with Gasteiger partial charge in [-0.15, -0.1) is 0 Å². The van der Waals surface area contributed by atoms with E-state index in [-0.39, 0.29) is 24.3 Å². The van der Waals surface area contributed by atoms with Crippen LogP contribution >= 0.6 is 0 Å². The molecule has 8 heteroatoms. The van der Waals surface area contributed by atoms with Gasteiger partial charge in [0.2, 0.25) is 11.8 Å². The first-order chi connectivity index (χ1) is 21.7. The summed E-state index contributed by atoms with van der Waals surface area (Å²) in [6.45, 7) is 5.98. The number of nitrogens with zero attached hydrogens (tertiary/aromatic N) is 3. The summed E-state index contributed by atoms with van der Waals surface area (Å²) in [6, 6.07) is 22.7. The molecular weight excluding hydrogens is 566 g/mol. The van der Waals surface area contributed by atoms with E-state index in [1.807, 2.05) is 124 Å². The van der Waals surface area contributed by atoms with Crippen molar-refractivity contribution in [2.75, 3.05) is 29.5 Å². The van der Waals surface area contributed by atoms with E-state index in [0.717, 1.165) is 22.5 Å². The summed E-state index contributed by atoms with van der Waals surface area (Å²) < 4.78 is 7.01. The fourth-order valence-corrected chi connectivity index (χ4v) is 7.89. The standard InChI is InChI=1S/C37H37N3O5/c1-24-16-17-25(2)28(22-24)39-21-11-19-37-31(34(43)40(32(37)35(39)44)29(23-41)26-12-6-4-7-13-26)30-33(42)38(27-14-8-5-9-15-27)20-10-18-36(30,3)45-37/h4-19,22,29-32,41H,20-21,23H2,1-3H3/t29-,30+,31+,32?,36-,37+/m1/s1. The van der Waals surface area contributed by atoms with Crippen molar-refractivity contribution in [1.29, 1.82) is 0 Å². The highest BCUT2D eigenvalue weighted by molar-refractivity contribution is 6.08. The predicted octanol–water partition coefficient (Wildman–Crippen LogP) is 4.51. The fraction of sp³-hybridized carbons (Fsp3) is 0.324. The van der Waals surface area contributed by atoms with Crippen molar-refractivity contribution in [3.63, 3.8) is 0 Å². The predicted molar refractivity (Wildman–Crippen MR) is 171 cm³/mol. The third kappa shape index (κ3) is 4.38. The van der Waals surface area contributed by atoms with E-state index in [1.54, 1.807) is 9.80 Å². The molecule has 4 aliphatic heterocycles. The van der Waals surface area contributed by atoms with Gasteiger partial charge >= 0.3 is 0 Å².